The number of urea groups is 1. The van der Waals surface area contributed by atoms with E-state index in [9.17, 15) is 4.79 Å². The zero-order chi connectivity index (χ0) is 16.9. The third-order valence-electron chi connectivity index (χ3n) is 3.16. The maximum atomic E-state index is 10.8. The maximum Gasteiger partial charge on any atom is 0.317 e. The van der Waals surface area contributed by atoms with E-state index < -0.39 is 6.03 Å². The summed E-state index contributed by atoms with van der Waals surface area (Å²) < 4.78 is 5.76. The lowest BCUT2D eigenvalue weighted by molar-refractivity contribution is 0.259. The summed E-state index contributed by atoms with van der Waals surface area (Å²) in [5.74, 6) is 1.51. The van der Waals surface area contributed by atoms with Crippen molar-refractivity contribution in [3.63, 3.8) is 0 Å². The minimum Gasteiger partial charge on any atom is -0.456 e. The largest absolute Gasteiger partial charge is 0.456 e. The molecule has 0 aliphatic heterocycles. The fraction of sp³-hybridized carbons (Fsp3) is 0.0588. The molecule has 0 saturated carbocycles. The number of aromatic nitrogens is 3. The number of anilines is 1. The van der Waals surface area contributed by atoms with Crippen molar-refractivity contribution in [1.82, 2.24) is 15.0 Å². The highest BCUT2D eigenvalue weighted by molar-refractivity contribution is 5.86. The zero-order valence-electron chi connectivity index (χ0n) is 12.9. The molecule has 0 unspecified atom stereocenters. The number of carbonyl (C=O) groups is 1. The lowest BCUT2D eigenvalue weighted by atomic mass is 10.2. The highest BCUT2D eigenvalue weighted by Gasteiger charge is 2.04. The summed E-state index contributed by atoms with van der Waals surface area (Å²) in [5, 5.41) is 2.39. The van der Waals surface area contributed by atoms with Gasteiger partial charge in [-0.2, -0.15) is 0 Å². The molecule has 0 radical (unpaired) electrons. The van der Waals surface area contributed by atoms with Crippen LogP contribution in [0.3, 0.4) is 0 Å². The topological polar surface area (TPSA) is 103 Å². The van der Waals surface area contributed by atoms with Gasteiger partial charge >= 0.3 is 6.03 Å². The van der Waals surface area contributed by atoms with Crippen LogP contribution in [0, 0.1) is 6.92 Å². The van der Waals surface area contributed by atoms with Gasteiger partial charge in [-0.25, -0.2) is 9.78 Å². The van der Waals surface area contributed by atoms with E-state index in [-0.39, 0.29) is 0 Å². The summed E-state index contributed by atoms with van der Waals surface area (Å²) in [6, 6.07) is 10.1. The molecular formula is C17H15N5O2. The molecule has 24 heavy (non-hydrogen) atoms. The van der Waals surface area contributed by atoms with Gasteiger partial charge in [0.25, 0.3) is 0 Å². The SMILES string of the molecule is Cc1ccc(-c2cc(Oc3ccc(NC(N)=O)nc3)ccn2)cn1. The summed E-state index contributed by atoms with van der Waals surface area (Å²) in [5.41, 5.74) is 7.65. The van der Waals surface area contributed by atoms with Gasteiger partial charge in [-0.1, -0.05) is 0 Å². The standard InChI is InChI=1S/C17H15N5O2/c1-11-2-3-12(9-20-11)15-8-13(6-7-19-15)24-14-4-5-16(21-10-14)22-17(18)23/h2-10H,1H3,(H3,18,21,22,23). The predicted molar refractivity (Wildman–Crippen MR) is 89.7 cm³/mol. The van der Waals surface area contributed by atoms with Crippen LogP contribution < -0.4 is 15.8 Å². The molecule has 3 heterocycles. The molecule has 0 aliphatic carbocycles. The molecule has 0 saturated heterocycles. The second-order valence-corrected chi connectivity index (χ2v) is 5.04. The second-order valence-electron chi connectivity index (χ2n) is 5.04. The van der Waals surface area contributed by atoms with E-state index in [4.69, 9.17) is 10.5 Å². The molecular weight excluding hydrogens is 306 g/mol. The van der Waals surface area contributed by atoms with E-state index in [1.54, 1.807) is 30.6 Å². The maximum absolute atomic E-state index is 10.8. The molecule has 120 valence electrons. The summed E-state index contributed by atoms with van der Waals surface area (Å²) >= 11 is 0. The molecule has 0 atom stereocenters. The summed E-state index contributed by atoms with van der Waals surface area (Å²) in [4.78, 5) is 23.4. The fourth-order valence-electron chi connectivity index (χ4n) is 2.03. The predicted octanol–water partition coefficient (Wildman–Crippen LogP) is 3.13. The number of pyridine rings is 3. The number of ether oxygens (including phenoxy) is 1. The van der Waals surface area contributed by atoms with Gasteiger partial charge in [0.15, 0.2) is 0 Å². The van der Waals surface area contributed by atoms with Crippen LogP contribution in [-0.2, 0) is 0 Å². The fourth-order valence-corrected chi connectivity index (χ4v) is 2.03. The van der Waals surface area contributed by atoms with Gasteiger partial charge in [-0.15, -0.1) is 0 Å². The normalized spacial score (nSPS) is 10.2. The monoisotopic (exact) mass is 321 g/mol. The number of primary amides is 1. The number of nitrogens with zero attached hydrogens (tertiary/aromatic N) is 3. The van der Waals surface area contributed by atoms with Crippen molar-refractivity contribution in [2.24, 2.45) is 5.73 Å². The molecule has 2 amide bonds. The highest BCUT2D eigenvalue weighted by atomic mass is 16.5. The Morgan fingerprint density at radius 2 is 1.92 bits per heavy atom. The first-order chi connectivity index (χ1) is 11.6. The lowest BCUT2D eigenvalue weighted by Gasteiger charge is -2.08. The van der Waals surface area contributed by atoms with Gasteiger partial charge in [0, 0.05) is 29.7 Å². The van der Waals surface area contributed by atoms with Crippen molar-refractivity contribution >= 4 is 11.8 Å². The average molecular weight is 321 g/mol. The first kappa shape index (κ1) is 15.4. The van der Waals surface area contributed by atoms with E-state index in [0.717, 1.165) is 17.0 Å². The summed E-state index contributed by atoms with van der Waals surface area (Å²) in [7, 11) is 0. The van der Waals surface area contributed by atoms with Crippen LogP contribution in [-0.4, -0.2) is 21.0 Å². The van der Waals surface area contributed by atoms with Crippen LogP contribution in [0.2, 0.25) is 0 Å². The quantitative estimate of drug-likeness (QED) is 0.768. The third-order valence-corrected chi connectivity index (χ3v) is 3.16. The smallest absolute Gasteiger partial charge is 0.317 e. The van der Waals surface area contributed by atoms with Crippen LogP contribution >= 0.6 is 0 Å². The second kappa shape index (κ2) is 6.74. The Morgan fingerprint density at radius 1 is 1.04 bits per heavy atom. The Bertz CT molecular complexity index is 848. The zero-order valence-corrected chi connectivity index (χ0v) is 12.9. The number of carbonyl (C=O) groups excluding carboxylic acids is 1. The Balaban J connectivity index is 1.77. The van der Waals surface area contributed by atoms with Crippen LogP contribution in [0.5, 0.6) is 11.5 Å². The molecule has 3 aromatic rings. The number of hydrogen-bond acceptors (Lipinski definition) is 5. The van der Waals surface area contributed by atoms with Crippen LogP contribution in [0.1, 0.15) is 5.69 Å². The van der Waals surface area contributed by atoms with Crippen molar-refractivity contribution < 1.29 is 9.53 Å². The average Bonchev–Trinajstić information content (AvgIpc) is 2.57. The molecule has 7 heteroatoms. The van der Waals surface area contributed by atoms with Gasteiger partial charge in [-0.3, -0.25) is 15.3 Å². The number of hydrogen-bond donors (Lipinski definition) is 2. The van der Waals surface area contributed by atoms with Crippen molar-refractivity contribution in [3.8, 4) is 22.8 Å². The van der Waals surface area contributed by atoms with E-state index in [1.165, 1.54) is 6.20 Å². The molecule has 0 aliphatic rings. The van der Waals surface area contributed by atoms with Crippen LogP contribution in [0.25, 0.3) is 11.3 Å². The van der Waals surface area contributed by atoms with Crippen molar-refractivity contribution in [2.45, 2.75) is 6.92 Å². The van der Waals surface area contributed by atoms with Crippen molar-refractivity contribution in [2.75, 3.05) is 5.32 Å². The number of aryl methyl sites for hydroxylation is 1. The van der Waals surface area contributed by atoms with E-state index in [0.29, 0.717) is 17.3 Å². The molecule has 7 nitrogen and oxygen atoms in total. The van der Waals surface area contributed by atoms with Gasteiger partial charge in [0.1, 0.15) is 17.3 Å². The molecule has 0 fully saturated rings. The Hall–Kier alpha value is -3.48. The van der Waals surface area contributed by atoms with Crippen LogP contribution in [0.4, 0.5) is 10.6 Å². The Kier molecular flexibility index (Phi) is 4.33. The molecule has 0 spiro atoms. The number of nitrogens with one attached hydrogen (secondary N) is 1. The Labute approximate surface area is 138 Å². The minimum atomic E-state index is -0.665. The van der Waals surface area contributed by atoms with Gasteiger partial charge in [0.2, 0.25) is 0 Å². The van der Waals surface area contributed by atoms with E-state index >= 15 is 0 Å². The van der Waals surface area contributed by atoms with Crippen LogP contribution in [0.15, 0.2) is 55.0 Å². The molecule has 0 bridgehead atoms. The first-order valence-corrected chi connectivity index (χ1v) is 7.19. The van der Waals surface area contributed by atoms with Crippen molar-refractivity contribution in [1.29, 1.82) is 0 Å². The molecule has 3 N–H and O–H groups in total. The van der Waals surface area contributed by atoms with E-state index in [1.807, 2.05) is 25.1 Å². The van der Waals surface area contributed by atoms with Gasteiger partial charge < -0.3 is 10.5 Å². The minimum absolute atomic E-state index is 0.357. The third kappa shape index (κ3) is 3.83. The number of rotatable bonds is 4. The van der Waals surface area contributed by atoms with E-state index in [2.05, 4.69) is 20.3 Å². The lowest BCUT2D eigenvalue weighted by Crippen LogP contribution is -2.19. The number of amides is 2. The van der Waals surface area contributed by atoms with Crippen molar-refractivity contribution in [3.05, 3.63) is 60.7 Å². The Morgan fingerprint density at radius 3 is 2.58 bits per heavy atom. The number of nitrogens with two attached hydrogens (primary N) is 1. The summed E-state index contributed by atoms with van der Waals surface area (Å²) in [6.07, 6.45) is 4.94. The van der Waals surface area contributed by atoms with Gasteiger partial charge in [0.05, 0.1) is 11.9 Å². The van der Waals surface area contributed by atoms with Gasteiger partial charge in [-0.05, 0) is 37.3 Å². The summed E-state index contributed by atoms with van der Waals surface area (Å²) in [6.45, 7) is 1.93. The molecule has 0 aromatic carbocycles. The molecule has 3 aromatic heterocycles. The first-order valence-electron chi connectivity index (χ1n) is 7.19. The molecule has 3 rings (SSSR count). The highest BCUT2D eigenvalue weighted by Crippen LogP contribution is 2.25.